The minimum Gasteiger partial charge on any atom is -0.486 e. The lowest BCUT2D eigenvalue weighted by Gasteiger charge is -2.18. The van der Waals surface area contributed by atoms with Crippen LogP contribution in [0.5, 0.6) is 11.5 Å². The lowest BCUT2D eigenvalue weighted by molar-refractivity contribution is 0.0955. The number of nitrogens with one attached hydrogen (secondary N) is 1. The van der Waals surface area contributed by atoms with Crippen LogP contribution in [0.1, 0.15) is 34.0 Å². The van der Waals surface area contributed by atoms with Gasteiger partial charge in [0.25, 0.3) is 5.91 Å². The largest absolute Gasteiger partial charge is 0.486 e. The average molecular weight is 433 g/mol. The van der Waals surface area contributed by atoms with Gasteiger partial charge >= 0.3 is 0 Å². The van der Waals surface area contributed by atoms with Crippen molar-refractivity contribution >= 4 is 23.4 Å². The Labute approximate surface area is 186 Å². The number of carbonyl (C=O) groups is 1. The summed E-state index contributed by atoms with van der Waals surface area (Å²) < 4.78 is 11.1. The van der Waals surface area contributed by atoms with Gasteiger partial charge in [-0.3, -0.25) is 4.79 Å². The summed E-state index contributed by atoms with van der Waals surface area (Å²) in [6.45, 7) is 2.93. The molecule has 3 aromatic carbocycles. The third-order valence-electron chi connectivity index (χ3n) is 4.88. The topological polar surface area (TPSA) is 59.9 Å². The molecule has 0 fully saturated rings. The molecule has 158 valence electrons. The average Bonchev–Trinajstić information content (AvgIpc) is 2.83. The van der Waals surface area contributed by atoms with Crippen LogP contribution in [0.2, 0.25) is 0 Å². The molecule has 0 saturated carbocycles. The summed E-state index contributed by atoms with van der Waals surface area (Å²) >= 11 is 1.85. The molecule has 5 nitrogen and oxygen atoms in total. The third-order valence-corrected chi connectivity index (χ3v) is 5.96. The Hall–Kier alpha value is -3.25. The van der Waals surface area contributed by atoms with Crippen molar-refractivity contribution in [1.29, 1.82) is 0 Å². The van der Waals surface area contributed by atoms with Crippen molar-refractivity contribution in [1.82, 2.24) is 5.43 Å². The predicted octanol–water partition coefficient (Wildman–Crippen LogP) is 5.05. The van der Waals surface area contributed by atoms with E-state index >= 15 is 0 Å². The summed E-state index contributed by atoms with van der Waals surface area (Å²) in [4.78, 5) is 12.5. The molecule has 0 spiro atoms. The number of hydrogen-bond acceptors (Lipinski definition) is 5. The summed E-state index contributed by atoms with van der Waals surface area (Å²) in [7, 11) is 0. The summed E-state index contributed by atoms with van der Waals surface area (Å²) in [5.41, 5.74) is 7.28. The third kappa shape index (κ3) is 5.67. The monoisotopic (exact) mass is 432 g/mol. The predicted molar refractivity (Wildman–Crippen MR) is 125 cm³/mol. The van der Waals surface area contributed by atoms with E-state index in [9.17, 15) is 4.79 Å². The summed E-state index contributed by atoms with van der Waals surface area (Å²) in [5, 5.41) is 4.24. The Morgan fingerprint density at radius 2 is 1.52 bits per heavy atom. The number of carbonyl (C=O) groups excluding carboxylic acids is 1. The fourth-order valence-electron chi connectivity index (χ4n) is 3.15. The highest BCUT2D eigenvalue weighted by molar-refractivity contribution is 7.97. The number of benzene rings is 3. The molecule has 1 N–H and O–H groups in total. The van der Waals surface area contributed by atoms with Gasteiger partial charge in [0.05, 0.1) is 5.71 Å². The molecule has 4 rings (SSSR count). The number of fused-ring (bicyclic) bond motifs is 1. The van der Waals surface area contributed by atoms with Crippen LogP contribution >= 0.6 is 11.8 Å². The fourth-order valence-corrected chi connectivity index (χ4v) is 4.10. The zero-order chi connectivity index (χ0) is 21.5. The molecular formula is C25H24N2O3S. The van der Waals surface area contributed by atoms with Gasteiger partial charge in [0.1, 0.15) is 13.2 Å². The second-order valence-corrected chi connectivity index (χ2v) is 8.16. The molecule has 1 aliphatic rings. The quantitative estimate of drug-likeness (QED) is 0.419. The fraction of sp³-hybridized carbons (Fsp3) is 0.200. The van der Waals surface area contributed by atoms with E-state index in [0.29, 0.717) is 30.2 Å². The van der Waals surface area contributed by atoms with Crippen LogP contribution in [0.3, 0.4) is 0 Å². The van der Waals surface area contributed by atoms with E-state index in [1.165, 1.54) is 11.1 Å². The van der Waals surface area contributed by atoms with Crippen LogP contribution in [0.25, 0.3) is 0 Å². The number of rotatable bonds is 7. The second-order valence-electron chi connectivity index (χ2n) is 7.17. The highest BCUT2D eigenvalue weighted by Crippen LogP contribution is 2.30. The Kier molecular flexibility index (Phi) is 6.89. The van der Waals surface area contributed by atoms with Crippen LogP contribution in [0.4, 0.5) is 0 Å². The van der Waals surface area contributed by atoms with Gasteiger partial charge in [-0.2, -0.15) is 16.9 Å². The van der Waals surface area contributed by atoms with E-state index < -0.39 is 0 Å². The Bertz CT molecular complexity index is 1070. The van der Waals surface area contributed by atoms with Crippen molar-refractivity contribution in [2.75, 3.05) is 13.2 Å². The number of hydrogen-bond donors (Lipinski definition) is 1. The van der Waals surface area contributed by atoms with Crippen LogP contribution in [-0.2, 0) is 11.5 Å². The summed E-state index contributed by atoms with van der Waals surface area (Å²) in [6, 6.07) is 23.7. The molecule has 1 aliphatic heterocycles. The van der Waals surface area contributed by atoms with Crippen LogP contribution < -0.4 is 14.9 Å². The second kappa shape index (κ2) is 10.2. The van der Waals surface area contributed by atoms with Crippen molar-refractivity contribution in [3.05, 3.63) is 95.1 Å². The molecule has 3 aromatic rings. The molecule has 0 radical (unpaired) electrons. The number of nitrogens with zero attached hydrogens (tertiary/aromatic N) is 1. The van der Waals surface area contributed by atoms with Crippen molar-refractivity contribution in [2.45, 2.75) is 18.4 Å². The smallest absolute Gasteiger partial charge is 0.271 e. The standard InChI is InChI=1S/C25H24N2O3S/c1-18(22-11-12-23-24(15-22)30-14-13-29-23)26-27-25(28)21-9-7-20(8-10-21)17-31-16-19-5-3-2-4-6-19/h2-12,15H,13-14,16-17H2,1H3,(H,27,28)/b26-18-. The molecule has 0 aliphatic carbocycles. The van der Waals surface area contributed by atoms with Crippen molar-refractivity contribution in [2.24, 2.45) is 5.10 Å². The Balaban J connectivity index is 1.31. The van der Waals surface area contributed by atoms with Gasteiger partial charge in [-0.1, -0.05) is 42.5 Å². The van der Waals surface area contributed by atoms with Gasteiger partial charge < -0.3 is 9.47 Å². The van der Waals surface area contributed by atoms with Gasteiger partial charge in [0.2, 0.25) is 0 Å². The first-order valence-electron chi connectivity index (χ1n) is 10.1. The molecule has 31 heavy (non-hydrogen) atoms. The van der Waals surface area contributed by atoms with E-state index in [1.54, 1.807) is 0 Å². The van der Waals surface area contributed by atoms with E-state index in [0.717, 1.165) is 22.8 Å². The molecule has 0 bridgehead atoms. The highest BCUT2D eigenvalue weighted by Gasteiger charge is 2.13. The number of thioether (sulfide) groups is 1. The first-order chi connectivity index (χ1) is 15.2. The SMILES string of the molecule is C/C(=N/NC(=O)c1ccc(CSCc2ccccc2)cc1)c1ccc2c(c1)OCCO2. The van der Waals surface area contributed by atoms with Crippen LogP contribution in [0, 0.1) is 0 Å². The molecule has 0 unspecified atom stereocenters. The number of ether oxygens (including phenoxy) is 2. The maximum absolute atomic E-state index is 12.5. The normalized spacial score (nSPS) is 13.0. The van der Waals surface area contributed by atoms with Gasteiger partial charge in [0.15, 0.2) is 11.5 Å². The first kappa shape index (κ1) is 21.0. The molecular weight excluding hydrogens is 408 g/mol. The van der Waals surface area contributed by atoms with Gasteiger partial charge in [-0.25, -0.2) is 5.43 Å². The molecule has 0 saturated heterocycles. The maximum Gasteiger partial charge on any atom is 0.271 e. The molecule has 6 heteroatoms. The minimum absolute atomic E-state index is 0.236. The van der Waals surface area contributed by atoms with Gasteiger partial charge in [0, 0.05) is 22.6 Å². The lowest BCUT2D eigenvalue weighted by atomic mass is 10.1. The van der Waals surface area contributed by atoms with E-state index in [4.69, 9.17) is 9.47 Å². The molecule has 0 atom stereocenters. The Morgan fingerprint density at radius 3 is 2.26 bits per heavy atom. The molecule has 1 heterocycles. The van der Waals surface area contributed by atoms with Crippen LogP contribution in [0.15, 0.2) is 77.9 Å². The van der Waals surface area contributed by atoms with Crippen molar-refractivity contribution in [3.63, 3.8) is 0 Å². The van der Waals surface area contributed by atoms with Gasteiger partial charge in [-0.15, -0.1) is 0 Å². The lowest BCUT2D eigenvalue weighted by Crippen LogP contribution is -2.19. The molecule has 1 amide bonds. The van der Waals surface area contributed by atoms with Crippen molar-refractivity contribution < 1.29 is 14.3 Å². The minimum atomic E-state index is -0.236. The summed E-state index contributed by atoms with van der Waals surface area (Å²) in [6.07, 6.45) is 0. The van der Waals surface area contributed by atoms with E-state index in [1.807, 2.05) is 67.2 Å². The number of amides is 1. The Morgan fingerprint density at radius 1 is 0.871 bits per heavy atom. The summed E-state index contributed by atoms with van der Waals surface area (Å²) in [5.74, 6) is 3.06. The maximum atomic E-state index is 12.5. The number of hydrazone groups is 1. The highest BCUT2D eigenvalue weighted by atomic mass is 32.2. The molecule has 0 aromatic heterocycles. The van der Waals surface area contributed by atoms with Crippen molar-refractivity contribution in [3.8, 4) is 11.5 Å². The zero-order valence-corrected chi connectivity index (χ0v) is 18.2. The first-order valence-corrected chi connectivity index (χ1v) is 11.3. The zero-order valence-electron chi connectivity index (χ0n) is 17.3. The van der Waals surface area contributed by atoms with E-state index in [2.05, 4.69) is 34.8 Å². The van der Waals surface area contributed by atoms with Crippen LogP contribution in [-0.4, -0.2) is 24.8 Å². The van der Waals surface area contributed by atoms with E-state index in [-0.39, 0.29) is 5.91 Å². The van der Waals surface area contributed by atoms with Gasteiger partial charge in [-0.05, 0) is 48.4 Å².